The Bertz CT molecular complexity index is 963. The van der Waals surface area contributed by atoms with E-state index in [1.165, 1.54) is 37.3 Å². The van der Waals surface area contributed by atoms with Gasteiger partial charge in [-0.15, -0.1) is 0 Å². The van der Waals surface area contributed by atoms with Crippen molar-refractivity contribution < 1.29 is 24.2 Å². The van der Waals surface area contributed by atoms with Gasteiger partial charge in [-0.1, -0.05) is 0 Å². The molecule has 0 aromatic heterocycles. The van der Waals surface area contributed by atoms with Gasteiger partial charge in [-0.25, -0.2) is 0 Å². The molecule has 0 saturated carbocycles. The van der Waals surface area contributed by atoms with E-state index in [0.717, 1.165) is 0 Å². The first kappa shape index (κ1) is 21.3. The van der Waals surface area contributed by atoms with Gasteiger partial charge in [0.05, 0.1) is 14.2 Å². The number of benzene rings is 2. The van der Waals surface area contributed by atoms with Crippen LogP contribution in [0.4, 0.5) is 5.69 Å². The highest BCUT2D eigenvalue weighted by atomic mass is 16.5. The molecule has 2 aromatic carbocycles. The smallest absolute Gasteiger partial charge is 0.266 e. The van der Waals surface area contributed by atoms with Crippen LogP contribution < -0.4 is 14.8 Å². The molecule has 2 amide bonds. The first-order chi connectivity index (χ1) is 13.8. The fraction of sp³-hybridized carbons (Fsp3) is 0.190. The Balaban J connectivity index is 2.25. The van der Waals surface area contributed by atoms with Gasteiger partial charge in [-0.05, 0) is 48.0 Å². The van der Waals surface area contributed by atoms with Crippen molar-refractivity contribution in [1.29, 1.82) is 5.26 Å². The number of rotatable bonds is 6. The molecule has 0 heterocycles. The number of amides is 2. The van der Waals surface area contributed by atoms with Gasteiger partial charge in [0.2, 0.25) is 5.75 Å². The zero-order chi connectivity index (χ0) is 21.6. The van der Waals surface area contributed by atoms with Crippen molar-refractivity contribution in [3.8, 4) is 23.3 Å². The average Bonchev–Trinajstić information content (AvgIpc) is 2.72. The molecule has 8 nitrogen and oxygen atoms in total. The zero-order valence-corrected chi connectivity index (χ0v) is 16.5. The number of anilines is 1. The largest absolute Gasteiger partial charge is 0.502 e. The molecule has 0 aliphatic heterocycles. The summed E-state index contributed by atoms with van der Waals surface area (Å²) >= 11 is 0. The number of phenolic OH excluding ortho intramolecular Hbond substituents is 1. The second-order valence-electron chi connectivity index (χ2n) is 6.17. The Morgan fingerprint density at radius 3 is 2.10 bits per heavy atom. The third-order valence-electron chi connectivity index (χ3n) is 3.97. The topological polar surface area (TPSA) is 112 Å². The van der Waals surface area contributed by atoms with Gasteiger partial charge in [0.15, 0.2) is 11.5 Å². The van der Waals surface area contributed by atoms with Crippen LogP contribution in [0.3, 0.4) is 0 Å². The summed E-state index contributed by atoms with van der Waals surface area (Å²) in [5.41, 5.74) is 1.20. The fourth-order valence-electron chi connectivity index (χ4n) is 2.47. The lowest BCUT2D eigenvalue weighted by Gasteiger charge is -2.11. The van der Waals surface area contributed by atoms with Crippen molar-refractivity contribution in [2.45, 2.75) is 0 Å². The lowest BCUT2D eigenvalue weighted by molar-refractivity contribution is -0.112. The maximum absolute atomic E-state index is 12.5. The maximum Gasteiger partial charge on any atom is 0.266 e. The van der Waals surface area contributed by atoms with Crippen LogP contribution in [0.25, 0.3) is 6.08 Å². The van der Waals surface area contributed by atoms with Crippen LogP contribution in [0.15, 0.2) is 42.0 Å². The molecule has 0 bridgehead atoms. The second kappa shape index (κ2) is 9.28. The number of hydrogen-bond donors (Lipinski definition) is 2. The third kappa shape index (κ3) is 5.05. The molecule has 8 heteroatoms. The fourth-order valence-corrected chi connectivity index (χ4v) is 2.47. The predicted molar refractivity (Wildman–Crippen MR) is 108 cm³/mol. The molecule has 0 radical (unpaired) electrons. The Morgan fingerprint density at radius 2 is 1.66 bits per heavy atom. The number of nitrogens with one attached hydrogen (secondary N) is 1. The van der Waals surface area contributed by atoms with E-state index in [1.807, 2.05) is 6.07 Å². The van der Waals surface area contributed by atoms with Gasteiger partial charge < -0.3 is 24.8 Å². The van der Waals surface area contributed by atoms with E-state index in [9.17, 15) is 20.0 Å². The first-order valence-corrected chi connectivity index (χ1v) is 8.50. The van der Waals surface area contributed by atoms with E-state index in [4.69, 9.17) is 9.47 Å². The summed E-state index contributed by atoms with van der Waals surface area (Å²) in [4.78, 5) is 25.8. The van der Waals surface area contributed by atoms with Crippen LogP contribution in [0.5, 0.6) is 17.2 Å². The van der Waals surface area contributed by atoms with Crippen molar-refractivity contribution in [2.24, 2.45) is 0 Å². The van der Waals surface area contributed by atoms with Crippen LogP contribution >= 0.6 is 0 Å². The van der Waals surface area contributed by atoms with E-state index in [1.54, 1.807) is 38.4 Å². The molecule has 150 valence electrons. The molecule has 2 aromatic rings. The number of nitrogens with zero attached hydrogens (tertiary/aromatic N) is 2. The number of methoxy groups -OCH3 is 2. The molecule has 0 atom stereocenters. The minimum absolute atomic E-state index is 0.148. The van der Waals surface area contributed by atoms with E-state index in [2.05, 4.69) is 5.32 Å². The normalized spacial score (nSPS) is 10.7. The Morgan fingerprint density at radius 1 is 1.10 bits per heavy atom. The molecule has 2 N–H and O–H groups in total. The van der Waals surface area contributed by atoms with E-state index < -0.39 is 5.91 Å². The van der Waals surface area contributed by atoms with Crippen LogP contribution in [-0.4, -0.2) is 50.1 Å². The Kier molecular flexibility index (Phi) is 6.82. The molecule has 0 aliphatic carbocycles. The maximum atomic E-state index is 12.5. The quantitative estimate of drug-likeness (QED) is 0.574. The molecule has 29 heavy (non-hydrogen) atoms. The summed E-state index contributed by atoms with van der Waals surface area (Å²) < 4.78 is 10.1. The summed E-state index contributed by atoms with van der Waals surface area (Å²) in [5.74, 6) is -0.660. The van der Waals surface area contributed by atoms with Gasteiger partial charge in [0.1, 0.15) is 11.6 Å². The summed E-state index contributed by atoms with van der Waals surface area (Å²) in [6, 6.07) is 11.1. The lowest BCUT2D eigenvalue weighted by atomic mass is 10.1. The van der Waals surface area contributed by atoms with Gasteiger partial charge in [-0.2, -0.15) is 5.26 Å². The van der Waals surface area contributed by atoms with Gasteiger partial charge in [0, 0.05) is 25.3 Å². The SMILES string of the molecule is COc1cc(/C=C(\C#N)C(=O)Nc2ccc(C(=O)N(C)C)cc2)cc(OC)c1O. The van der Waals surface area contributed by atoms with Gasteiger partial charge in [-0.3, -0.25) is 9.59 Å². The molecule has 2 rings (SSSR count). The number of nitriles is 1. The number of carbonyl (C=O) groups excluding carboxylic acids is 2. The average molecular weight is 395 g/mol. The number of phenols is 1. The highest BCUT2D eigenvalue weighted by Crippen LogP contribution is 2.37. The molecular weight excluding hydrogens is 374 g/mol. The summed E-state index contributed by atoms with van der Waals surface area (Å²) in [7, 11) is 6.06. The molecular formula is C21H21N3O5. The first-order valence-electron chi connectivity index (χ1n) is 8.50. The predicted octanol–water partition coefficient (Wildman–Crippen LogP) is 2.66. The van der Waals surface area contributed by atoms with Crippen molar-refractivity contribution >= 4 is 23.6 Å². The van der Waals surface area contributed by atoms with Crippen LogP contribution in [0, 0.1) is 11.3 Å². The highest BCUT2D eigenvalue weighted by Gasteiger charge is 2.14. The minimum atomic E-state index is -0.620. The number of carbonyl (C=O) groups is 2. The zero-order valence-electron chi connectivity index (χ0n) is 16.5. The Hall–Kier alpha value is -3.99. The number of ether oxygens (including phenoxy) is 2. The van der Waals surface area contributed by atoms with Crippen molar-refractivity contribution in [2.75, 3.05) is 33.6 Å². The highest BCUT2D eigenvalue weighted by molar-refractivity contribution is 6.09. The number of hydrogen-bond acceptors (Lipinski definition) is 6. The second-order valence-corrected chi connectivity index (χ2v) is 6.17. The van der Waals surface area contributed by atoms with Crippen molar-refractivity contribution in [1.82, 2.24) is 4.90 Å². The van der Waals surface area contributed by atoms with E-state index >= 15 is 0 Å². The molecule has 0 fully saturated rings. The summed E-state index contributed by atoms with van der Waals surface area (Å²) in [6.45, 7) is 0. The van der Waals surface area contributed by atoms with Gasteiger partial charge >= 0.3 is 0 Å². The van der Waals surface area contributed by atoms with Crippen LogP contribution in [-0.2, 0) is 4.79 Å². The Labute approximate surface area is 168 Å². The number of aromatic hydroxyl groups is 1. The summed E-state index contributed by atoms with van der Waals surface area (Å²) in [6.07, 6.45) is 1.35. The van der Waals surface area contributed by atoms with Crippen molar-refractivity contribution in [3.05, 3.63) is 53.1 Å². The molecule has 0 saturated heterocycles. The van der Waals surface area contributed by atoms with Gasteiger partial charge in [0.25, 0.3) is 11.8 Å². The summed E-state index contributed by atoms with van der Waals surface area (Å²) in [5, 5.41) is 22.0. The molecule has 0 aliphatic rings. The standard InChI is InChI=1S/C21H21N3O5/c1-24(2)21(27)14-5-7-16(8-6-14)23-20(26)15(12-22)9-13-10-17(28-3)19(25)18(11-13)29-4/h5-11,25H,1-4H3,(H,23,26)/b15-9+. The van der Waals surface area contributed by atoms with Crippen molar-refractivity contribution in [3.63, 3.8) is 0 Å². The van der Waals surface area contributed by atoms with E-state index in [-0.39, 0.29) is 28.7 Å². The third-order valence-corrected chi connectivity index (χ3v) is 3.97. The minimum Gasteiger partial charge on any atom is -0.502 e. The monoisotopic (exact) mass is 395 g/mol. The van der Waals surface area contributed by atoms with E-state index in [0.29, 0.717) is 16.8 Å². The van der Waals surface area contributed by atoms with Crippen LogP contribution in [0.2, 0.25) is 0 Å². The molecule has 0 unspecified atom stereocenters. The molecule has 0 spiro atoms. The van der Waals surface area contributed by atoms with Crippen LogP contribution in [0.1, 0.15) is 15.9 Å². The lowest BCUT2D eigenvalue weighted by Crippen LogP contribution is -2.21.